The molecule has 0 bridgehead atoms. The summed E-state index contributed by atoms with van der Waals surface area (Å²) in [7, 11) is -3.69. The predicted octanol–water partition coefficient (Wildman–Crippen LogP) is 4.22. The SMILES string of the molecule is Cc1ccc2nc(NC(=O)[C@H]3CCCN3S(=O)(=O)c3ccc(Br)s3)sc2c1. The number of carbonyl (C=O) groups is 1. The molecule has 0 unspecified atom stereocenters. The van der Waals surface area contributed by atoms with Gasteiger partial charge in [0.25, 0.3) is 10.0 Å². The van der Waals surface area contributed by atoms with Crippen molar-refractivity contribution in [3.8, 4) is 0 Å². The summed E-state index contributed by atoms with van der Waals surface area (Å²) in [6.45, 7) is 2.34. The number of rotatable bonds is 4. The second kappa shape index (κ2) is 7.25. The number of carbonyl (C=O) groups excluding carboxylic acids is 1. The van der Waals surface area contributed by atoms with Gasteiger partial charge in [-0.05, 0) is 65.5 Å². The summed E-state index contributed by atoms with van der Waals surface area (Å²) in [5.41, 5.74) is 1.94. The van der Waals surface area contributed by atoms with Crippen molar-refractivity contribution in [1.29, 1.82) is 0 Å². The number of thiazole rings is 1. The summed E-state index contributed by atoms with van der Waals surface area (Å²) in [6, 6.07) is 8.45. The van der Waals surface area contributed by atoms with Crippen LogP contribution in [0.4, 0.5) is 5.13 Å². The maximum atomic E-state index is 12.9. The van der Waals surface area contributed by atoms with Crippen molar-refractivity contribution < 1.29 is 13.2 Å². The van der Waals surface area contributed by atoms with Gasteiger partial charge in [0.1, 0.15) is 10.3 Å². The molecule has 3 heterocycles. The molecule has 27 heavy (non-hydrogen) atoms. The van der Waals surface area contributed by atoms with E-state index in [2.05, 4.69) is 26.2 Å². The third kappa shape index (κ3) is 3.68. The van der Waals surface area contributed by atoms with Gasteiger partial charge in [-0.2, -0.15) is 4.31 Å². The quantitative estimate of drug-likeness (QED) is 0.599. The van der Waals surface area contributed by atoms with Gasteiger partial charge in [0.2, 0.25) is 5.91 Å². The first-order valence-corrected chi connectivity index (χ1v) is 12.2. The maximum absolute atomic E-state index is 12.9. The first-order valence-electron chi connectivity index (χ1n) is 8.30. The number of hydrogen-bond donors (Lipinski definition) is 1. The Balaban J connectivity index is 1.56. The van der Waals surface area contributed by atoms with E-state index in [-0.39, 0.29) is 10.1 Å². The molecule has 1 aromatic carbocycles. The topological polar surface area (TPSA) is 79.4 Å². The summed E-state index contributed by atoms with van der Waals surface area (Å²) in [6.07, 6.45) is 1.16. The number of halogens is 1. The highest BCUT2D eigenvalue weighted by molar-refractivity contribution is 9.11. The van der Waals surface area contributed by atoms with E-state index in [1.54, 1.807) is 12.1 Å². The number of nitrogens with zero attached hydrogens (tertiary/aromatic N) is 2. The number of anilines is 1. The summed E-state index contributed by atoms with van der Waals surface area (Å²) in [5.74, 6) is -0.331. The van der Waals surface area contributed by atoms with Crippen molar-refractivity contribution in [3.05, 3.63) is 39.7 Å². The molecule has 3 aromatic rings. The Labute approximate surface area is 173 Å². The van der Waals surface area contributed by atoms with Crippen LogP contribution in [0.1, 0.15) is 18.4 Å². The summed E-state index contributed by atoms with van der Waals surface area (Å²) >= 11 is 5.83. The standard InChI is InChI=1S/C17H16BrN3O3S3/c1-10-4-5-11-13(9-10)25-17(19-11)20-16(22)12-3-2-8-21(12)27(23,24)15-7-6-14(18)26-15/h4-7,9,12H,2-3,8H2,1H3,(H,19,20,22)/t12-/m1/s1. The molecule has 0 aliphatic carbocycles. The van der Waals surface area contributed by atoms with Crippen LogP contribution >= 0.6 is 38.6 Å². The number of fused-ring (bicyclic) bond motifs is 1. The van der Waals surface area contributed by atoms with E-state index in [0.717, 1.165) is 30.9 Å². The molecule has 2 aromatic heterocycles. The fourth-order valence-corrected chi connectivity index (χ4v) is 7.88. The van der Waals surface area contributed by atoms with Crippen LogP contribution in [0.3, 0.4) is 0 Å². The second-order valence-corrected chi connectivity index (χ2v) is 11.9. The fraction of sp³-hybridized carbons (Fsp3) is 0.294. The molecule has 1 saturated heterocycles. The Bertz CT molecular complexity index is 1120. The van der Waals surface area contributed by atoms with Crippen molar-refractivity contribution in [2.75, 3.05) is 11.9 Å². The van der Waals surface area contributed by atoms with Crippen molar-refractivity contribution in [1.82, 2.24) is 9.29 Å². The van der Waals surface area contributed by atoms with Gasteiger partial charge in [0.15, 0.2) is 5.13 Å². The minimum absolute atomic E-state index is 0.240. The highest BCUT2D eigenvalue weighted by Gasteiger charge is 2.40. The lowest BCUT2D eigenvalue weighted by Gasteiger charge is -2.22. The van der Waals surface area contributed by atoms with E-state index in [1.807, 2.05) is 25.1 Å². The highest BCUT2D eigenvalue weighted by atomic mass is 79.9. The number of nitrogens with one attached hydrogen (secondary N) is 1. The van der Waals surface area contributed by atoms with Gasteiger partial charge >= 0.3 is 0 Å². The number of sulfonamides is 1. The van der Waals surface area contributed by atoms with E-state index in [9.17, 15) is 13.2 Å². The number of thiophene rings is 1. The summed E-state index contributed by atoms with van der Waals surface area (Å²) in [5, 5.41) is 3.30. The van der Waals surface area contributed by atoms with Crippen LogP contribution in [0, 0.1) is 6.92 Å². The lowest BCUT2D eigenvalue weighted by Crippen LogP contribution is -2.42. The zero-order chi connectivity index (χ0) is 19.2. The van der Waals surface area contributed by atoms with E-state index in [1.165, 1.54) is 15.6 Å². The number of amides is 1. The van der Waals surface area contributed by atoms with Crippen molar-refractivity contribution in [3.63, 3.8) is 0 Å². The number of benzene rings is 1. The first kappa shape index (κ1) is 19.0. The highest BCUT2D eigenvalue weighted by Crippen LogP contribution is 2.33. The van der Waals surface area contributed by atoms with Gasteiger partial charge in [-0.3, -0.25) is 4.79 Å². The molecule has 1 N–H and O–H groups in total. The molecule has 1 amide bonds. The lowest BCUT2D eigenvalue weighted by atomic mass is 10.2. The predicted molar refractivity (Wildman–Crippen MR) is 112 cm³/mol. The zero-order valence-electron chi connectivity index (χ0n) is 14.3. The van der Waals surface area contributed by atoms with E-state index in [4.69, 9.17) is 0 Å². The monoisotopic (exact) mass is 485 g/mol. The van der Waals surface area contributed by atoms with E-state index in [0.29, 0.717) is 24.5 Å². The van der Waals surface area contributed by atoms with Crippen molar-refractivity contribution >= 4 is 69.9 Å². The van der Waals surface area contributed by atoms with Crippen LogP contribution < -0.4 is 5.32 Å². The van der Waals surface area contributed by atoms with Gasteiger partial charge in [-0.25, -0.2) is 13.4 Å². The molecule has 0 saturated carbocycles. The molecule has 1 atom stereocenters. The third-order valence-electron chi connectivity index (χ3n) is 4.39. The van der Waals surface area contributed by atoms with Gasteiger partial charge in [-0.1, -0.05) is 17.4 Å². The van der Waals surface area contributed by atoms with E-state index >= 15 is 0 Å². The van der Waals surface area contributed by atoms with Crippen molar-refractivity contribution in [2.24, 2.45) is 0 Å². The maximum Gasteiger partial charge on any atom is 0.253 e. The molecule has 0 spiro atoms. The normalized spacial score (nSPS) is 18.2. The molecule has 1 fully saturated rings. The number of aromatic nitrogens is 1. The zero-order valence-corrected chi connectivity index (χ0v) is 18.3. The van der Waals surface area contributed by atoms with Crippen LogP contribution in [0.25, 0.3) is 10.2 Å². The molecule has 4 rings (SSSR count). The fourth-order valence-electron chi connectivity index (χ4n) is 3.12. The first-order chi connectivity index (χ1) is 12.8. The number of aryl methyl sites for hydroxylation is 1. The Morgan fingerprint density at radius 3 is 2.85 bits per heavy atom. The van der Waals surface area contributed by atoms with Crippen LogP contribution in [0.15, 0.2) is 38.3 Å². The lowest BCUT2D eigenvalue weighted by molar-refractivity contribution is -0.119. The van der Waals surface area contributed by atoms with Gasteiger partial charge in [0, 0.05) is 6.54 Å². The molecule has 0 radical (unpaired) electrons. The average Bonchev–Trinajstić information content (AvgIpc) is 3.32. The molecule has 142 valence electrons. The summed E-state index contributed by atoms with van der Waals surface area (Å²) < 4.78 is 29.1. The van der Waals surface area contributed by atoms with E-state index < -0.39 is 16.1 Å². The van der Waals surface area contributed by atoms with Gasteiger partial charge in [-0.15, -0.1) is 11.3 Å². The Hall–Kier alpha value is -1.33. The molecular formula is C17H16BrN3O3S3. The largest absolute Gasteiger partial charge is 0.301 e. The Kier molecular flexibility index (Phi) is 5.10. The van der Waals surface area contributed by atoms with Crippen LogP contribution in [0.5, 0.6) is 0 Å². The smallest absolute Gasteiger partial charge is 0.253 e. The third-order valence-corrected chi connectivity index (χ3v) is 9.32. The van der Waals surface area contributed by atoms with Gasteiger partial charge in [0.05, 0.1) is 14.0 Å². The van der Waals surface area contributed by atoms with Crippen molar-refractivity contribution in [2.45, 2.75) is 30.0 Å². The molecule has 6 nitrogen and oxygen atoms in total. The minimum Gasteiger partial charge on any atom is -0.301 e. The number of hydrogen-bond acceptors (Lipinski definition) is 6. The van der Waals surface area contributed by atoms with Crippen LogP contribution in [-0.4, -0.2) is 36.2 Å². The van der Waals surface area contributed by atoms with Crippen LogP contribution in [-0.2, 0) is 14.8 Å². The average molecular weight is 486 g/mol. The van der Waals surface area contributed by atoms with Crippen LogP contribution in [0.2, 0.25) is 0 Å². The molecular weight excluding hydrogens is 470 g/mol. The second-order valence-electron chi connectivity index (χ2n) is 6.31. The Morgan fingerprint density at radius 2 is 2.11 bits per heavy atom. The minimum atomic E-state index is -3.69. The molecule has 10 heteroatoms. The molecule has 1 aliphatic rings. The molecule has 1 aliphatic heterocycles. The Morgan fingerprint density at radius 1 is 1.30 bits per heavy atom. The van der Waals surface area contributed by atoms with Gasteiger partial charge < -0.3 is 5.32 Å². The summed E-state index contributed by atoms with van der Waals surface area (Å²) in [4.78, 5) is 17.2.